The van der Waals surface area contributed by atoms with Gasteiger partial charge in [-0.05, 0) is 57.0 Å². The molecule has 2 aromatic heterocycles. The minimum atomic E-state index is -4.51. The molecule has 1 saturated heterocycles. The van der Waals surface area contributed by atoms with Gasteiger partial charge in [-0.15, -0.1) is 0 Å². The lowest BCUT2D eigenvalue weighted by Gasteiger charge is -2.27. The summed E-state index contributed by atoms with van der Waals surface area (Å²) in [5.41, 5.74) is 0.729. The van der Waals surface area contributed by atoms with Crippen LogP contribution in [0.3, 0.4) is 0 Å². The first-order chi connectivity index (χ1) is 20.9. The first-order valence-electron chi connectivity index (χ1n) is 14.7. The molecule has 2 saturated carbocycles. The number of fused-ring (bicyclic) bond motifs is 1. The number of halogens is 1. The molecule has 3 heterocycles. The van der Waals surface area contributed by atoms with Crippen molar-refractivity contribution in [2.45, 2.75) is 89.1 Å². The van der Waals surface area contributed by atoms with E-state index >= 15 is 0 Å². The van der Waals surface area contributed by atoms with Crippen molar-refractivity contribution >= 4 is 48.2 Å². The maximum Gasteiger partial charge on any atom is 0.510 e. The molecule has 4 N–H and O–H groups in total. The largest absolute Gasteiger partial charge is 0.510 e. The van der Waals surface area contributed by atoms with Gasteiger partial charge in [0, 0.05) is 19.1 Å². The van der Waals surface area contributed by atoms with Crippen molar-refractivity contribution in [2.24, 2.45) is 5.92 Å². The maximum atomic E-state index is 13.2. The molecular weight excluding hydrogens is 623 g/mol. The standard InChI is InChI=1S/C26H38ClN6O10P/c1-14(2)42-26(37)40-13-41-44(38,39)11-18(34)32(9-15-7-8-15)10-17-20(35)21(36)24(43-17)33-12-28-19-22(29-16-5-3-4-6-16)30-25(27)31-23(19)33/h12,14-17,20-21,24,35-36H,3-11,13H2,1-2H3,(H,38,39)(H,29,30,31)/t17-,20-,21-,24-/m1/s1. The minimum Gasteiger partial charge on any atom is -0.432 e. The van der Waals surface area contributed by atoms with E-state index in [0.29, 0.717) is 17.0 Å². The van der Waals surface area contributed by atoms with Gasteiger partial charge < -0.3 is 39.5 Å². The lowest BCUT2D eigenvalue weighted by Crippen LogP contribution is -2.44. The molecule has 1 amide bonds. The molecule has 0 bridgehead atoms. The molecule has 0 aromatic carbocycles. The fourth-order valence-electron chi connectivity index (χ4n) is 5.36. The lowest BCUT2D eigenvalue weighted by molar-refractivity contribution is -0.132. The number of hydrogen-bond acceptors (Lipinski definition) is 13. The summed E-state index contributed by atoms with van der Waals surface area (Å²) in [5.74, 6) is -0.0701. The number of aliphatic hydroxyl groups is 2. The van der Waals surface area contributed by atoms with Crippen molar-refractivity contribution < 1.29 is 48.0 Å². The molecule has 3 fully saturated rings. The number of nitrogens with zero attached hydrogens (tertiary/aromatic N) is 5. The summed E-state index contributed by atoms with van der Waals surface area (Å²) in [5, 5.41) is 25.3. The van der Waals surface area contributed by atoms with Gasteiger partial charge in [-0.25, -0.2) is 9.78 Å². The second kappa shape index (κ2) is 13.8. The molecule has 1 aliphatic heterocycles. The summed E-state index contributed by atoms with van der Waals surface area (Å²) in [6, 6.07) is 0.234. The third-order valence-electron chi connectivity index (χ3n) is 7.73. The van der Waals surface area contributed by atoms with E-state index in [1.807, 2.05) is 0 Å². The lowest BCUT2D eigenvalue weighted by atomic mass is 10.1. The van der Waals surface area contributed by atoms with Crippen molar-refractivity contribution in [3.63, 3.8) is 0 Å². The Morgan fingerprint density at radius 1 is 1.18 bits per heavy atom. The zero-order valence-corrected chi connectivity index (χ0v) is 26.1. The summed E-state index contributed by atoms with van der Waals surface area (Å²) in [6.07, 6.45) is -0.0126. The van der Waals surface area contributed by atoms with Gasteiger partial charge in [-0.1, -0.05) is 12.8 Å². The van der Waals surface area contributed by atoms with Crippen molar-refractivity contribution in [3.05, 3.63) is 11.6 Å². The molecule has 3 aliphatic rings. The Morgan fingerprint density at radius 2 is 1.91 bits per heavy atom. The number of carbonyl (C=O) groups is 2. The smallest absolute Gasteiger partial charge is 0.432 e. The number of imidazole rings is 1. The number of aromatic nitrogens is 4. The molecule has 18 heteroatoms. The number of amides is 1. The molecule has 5 atom stereocenters. The first kappa shape index (κ1) is 32.8. The second-order valence-corrected chi connectivity index (χ2v) is 13.9. The molecule has 5 rings (SSSR count). The number of rotatable bonds is 13. The highest BCUT2D eigenvalue weighted by molar-refractivity contribution is 7.53. The quantitative estimate of drug-likeness (QED) is 0.105. The minimum absolute atomic E-state index is 0.0246. The van der Waals surface area contributed by atoms with E-state index in [4.69, 9.17) is 25.6 Å². The summed E-state index contributed by atoms with van der Waals surface area (Å²) >= 11 is 6.23. The van der Waals surface area contributed by atoms with Crippen LogP contribution >= 0.6 is 19.2 Å². The van der Waals surface area contributed by atoms with Gasteiger partial charge in [0.05, 0.1) is 12.4 Å². The fraction of sp³-hybridized carbons (Fsp3) is 0.731. The highest BCUT2D eigenvalue weighted by Crippen LogP contribution is 2.42. The molecular formula is C26H38ClN6O10P. The van der Waals surface area contributed by atoms with Crippen LogP contribution in [0, 0.1) is 5.92 Å². The zero-order chi connectivity index (χ0) is 31.6. The van der Waals surface area contributed by atoms with E-state index in [1.54, 1.807) is 13.8 Å². The Hall–Kier alpha value is -2.59. The van der Waals surface area contributed by atoms with Gasteiger partial charge in [0.2, 0.25) is 18.0 Å². The Morgan fingerprint density at radius 3 is 2.59 bits per heavy atom. The van der Waals surface area contributed by atoms with Crippen molar-refractivity contribution in [1.29, 1.82) is 0 Å². The fourth-order valence-corrected chi connectivity index (χ4v) is 6.37. The first-order valence-corrected chi connectivity index (χ1v) is 16.8. The van der Waals surface area contributed by atoms with E-state index in [1.165, 1.54) is 15.8 Å². The number of ether oxygens (including phenoxy) is 3. The van der Waals surface area contributed by atoms with Crippen LogP contribution in [0.5, 0.6) is 0 Å². The second-order valence-electron chi connectivity index (χ2n) is 11.7. The van der Waals surface area contributed by atoms with Crippen LogP contribution in [0.1, 0.15) is 58.6 Å². The number of nitrogens with one attached hydrogen (secondary N) is 1. The average molecular weight is 661 g/mol. The predicted octanol–water partition coefficient (Wildman–Crippen LogP) is 2.41. The van der Waals surface area contributed by atoms with Crippen LogP contribution in [0.15, 0.2) is 6.33 Å². The van der Waals surface area contributed by atoms with Gasteiger partial charge >= 0.3 is 13.8 Å². The Balaban J connectivity index is 1.25. The van der Waals surface area contributed by atoms with Gasteiger partial charge in [-0.3, -0.25) is 18.5 Å². The Kier molecular flexibility index (Phi) is 10.3. The summed E-state index contributed by atoms with van der Waals surface area (Å²) in [4.78, 5) is 49.2. The molecule has 244 valence electrons. The van der Waals surface area contributed by atoms with Crippen LogP contribution in [0.25, 0.3) is 11.2 Å². The van der Waals surface area contributed by atoms with Crippen LogP contribution in [0.2, 0.25) is 5.28 Å². The molecule has 2 aromatic rings. The molecule has 0 spiro atoms. The Labute approximate surface area is 258 Å². The van der Waals surface area contributed by atoms with Gasteiger partial charge in [-0.2, -0.15) is 9.97 Å². The van der Waals surface area contributed by atoms with Crippen molar-refractivity contribution in [1.82, 2.24) is 24.4 Å². The van der Waals surface area contributed by atoms with E-state index in [2.05, 4.69) is 25.0 Å². The highest BCUT2D eigenvalue weighted by Gasteiger charge is 2.46. The number of carbonyl (C=O) groups excluding carboxylic acids is 2. The van der Waals surface area contributed by atoms with Gasteiger partial charge in [0.1, 0.15) is 24.5 Å². The van der Waals surface area contributed by atoms with Gasteiger partial charge in [0.15, 0.2) is 23.2 Å². The number of anilines is 1. The topological polar surface area (TPSA) is 208 Å². The number of aliphatic hydroxyl groups excluding tert-OH is 2. The SMILES string of the molecule is CC(C)OC(=O)OCOP(=O)(O)CC(=O)N(CC1CC1)C[C@H]1O[C@@H](n2cnc3c(NC4CCCC4)nc(Cl)nc32)[C@H](O)[C@@H]1O. The maximum absolute atomic E-state index is 13.2. The van der Waals surface area contributed by atoms with Crippen LogP contribution in [-0.2, 0) is 28.1 Å². The van der Waals surface area contributed by atoms with E-state index in [9.17, 15) is 29.3 Å². The third kappa shape index (κ3) is 8.16. The third-order valence-corrected chi connectivity index (χ3v) is 9.08. The molecule has 16 nitrogen and oxygen atoms in total. The summed E-state index contributed by atoms with van der Waals surface area (Å²) < 4.78 is 34.3. The van der Waals surface area contributed by atoms with Crippen molar-refractivity contribution in [3.8, 4) is 0 Å². The number of hydrogen-bond donors (Lipinski definition) is 4. The van der Waals surface area contributed by atoms with Crippen LogP contribution < -0.4 is 5.32 Å². The van der Waals surface area contributed by atoms with Gasteiger partial charge in [0.25, 0.3) is 0 Å². The molecule has 2 aliphatic carbocycles. The summed E-state index contributed by atoms with van der Waals surface area (Å²) in [7, 11) is -4.51. The highest BCUT2D eigenvalue weighted by atomic mass is 35.5. The normalized spacial score (nSPS) is 25.3. The molecule has 44 heavy (non-hydrogen) atoms. The van der Waals surface area contributed by atoms with E-state index < -0.39 is 63.3 Å². The molecule has 0 radical (unpaired) electrons. The van der Waals surface area contributed by atoms with Crippen LogP contribution in [0.4, 0.5) is 10.6 Å². The summed E-state index contributed by atoms with van der Waals surface area (Å²) in [6.45, 7) is 2.42. The predicted molar refractivity (Wildman–Crippen MR) is 155 cm³/mol. The van der Waals surface area contributed by atoms with E-state index in [-0.39, 0.29) is 30.3 Å². The zero-order valence-electron chi connectivity index (χ0n) is 24.5. The average Bonchev–Trinajstić information content (AvgIpc) is 3.29. The molecule has 1 unspecified atom stereocenters. The Bertz CT molecular complexity index is 1390. The van der Waals surface area contributed by atoms with Crippen LogP contribution in [-0.4, -0.2) is 108 Å². The van der Waals surface area contributed by atoms with Crippen molar-refractivity contribution in [2.75, 3.05) is 31.4 Å². The van der Waals surface area contributed by atoms with E-state index in [0.717, 1.165) is 38.5 Å². The monoisotopic (exact) mass is 660 g/mol.